The highest BCUT2D eigenvalue weighted by molar-refractivity contribution is 7.86. The first kappa shape index (κ1) is 18.8. The number of nitrogens with one attached hydrogen (secondary N) is 1. The van der Waals surface area contributed by atoms with E-state index in [0.717, 1.165) is 16.7 Å². The molecule has 0 saturated carbocycles. The van der Waals surface area contributed by atoms with E-state index in [-0.39, 0.29) is 23.5 Å². The summed E-state index contributed by atoms with van der Waals surface area (Å²) in [6, 6.07) is 16.1. The average Bonchev–Trinajstić information content (AvgIpc) is 2.65. The highest BCUT2D eigenvalue weighted by atomic mass is 32.2. The molecule has 1 N–H and O–H groups in total. The van der Waals surface area contributed by atoms with Crippen LogP contribution in [0.1, 0.15) is 11.1 Å². The van der Waals surface area contributed by atoms with Crippen LogP contribution >= 0.6 is 0 Å². The van der Waals surface area contributed by atoms with Gasteiger partial charge < -0.3 is 5.32 Å². The first-order valence-electron chi connectivity index (χ1n) is 8.50. The summed E-state index contributed by atoms with van der Waals surface area (Å²) in [5.41, 5.74) is 2.87. The zero-order valence-electron chi connectivity index (χ0n) is 14.6. The summed E-state index contributed by atoms with van der Waals surface area (Å²) in [7, 11) is -2.47. The lowest BCUT2D eigenvalue weighted by Gasteiger charge is -2.34. The molecule has 138 valence electrons. The van der Waals surface area contributed by atoms with Crippen molar-refractivity contribution in [3.8, 4) is 0 Å². The van der Waals surface area contributed by atoms with Gasteiger partial charge in [0.2, 0.25) is 0 Å². The summed E-state index contributed by atoms with van der Waals surface area (Å²) in [4.78, 5) is 0. The van der Waals surface area contributed by atoms with E-state index in [1.807, 2.05) is 36.4 Å². The monoisotopic (exact) mass is 375 g/mol. The minimum atomic E-state index is -3.65. The van der Waals surface area contributed by atoms with E-state index in [0.29, 0.717) is 13.0 Å². The van der Waals surface area contributed by atoms with Gasteiger partial charge in [0.05, 0.1) is 12.9 Å². The molecule has 2 atom stereocenters. The van der Waals surface area contributed by atoms with Crippen molar-refractivity contribution in [3.63, 3.8) is 0 Å². The molecule has 0 aromatic heterocycles. The van der Waals surface area contributed by atoms with Crippen molar-refractivity contribution in [1.82, 2.24) is 5.32 Å². The largest absolute Gasteiger partial charge is 0.310 e. The average molecular weight is 375 g/mol. The summed E-state index contributed by atoms with van der Waals surface area (Å²) >= 11 is 0. The van der Waals surface area contributed by atoms with E-state index in [1.54, 1.807) is 12.1 Å². The molecule has 0 bridgehead atoms. The summed E-state index contributed by atoms with van der Waals surface area (Å²) in [6.07, 6.45) is 2.67. The van der Waals surface area contributed by atoms with Crippen LogP contribution in [0.3, 0.4) is 0 Å². The van der Waals surface area contributed by atoms with Gasteiger partial charge in [0.1, 0.15) is 5.82 Å². The van der Waals surface area contributed by atoms with Crippen molar-refractivity contribution in [2.24, 2.45) is 5.92 Å². The van der Waals surface area contributed by atoms with E-state index >= 15 is 0 Å². The quantitative estimate of drug-likeness (QED) is 0.789. The molecule has 2 unspecified atom stereocenters. The normalized spacial score (nSPS) is 20.6. The molecule has 0 fully saturated rings. The smallest absolute Gasteiger partial charge is 0.267 e. The van der Waals surface area contributed by atoms with Crippen LogP contribution in [0.2, 0.25) is 0 Å². The Morgan fingerprint density at radius 3 is 2.46 bits per heavy atom. The Kier molecular flexibility index (Phi) is 5.86. The molecule has 4 nitrogen and oxygen atoms in total. The molecule has 1 aliphatic rings. The summed E-state index contributed by atoms with van der Waals surface area (Å²) < 4.78 is 42.3. The van der Waals surface area contributed by atoms with Crippen molar-refractivity contribution in [3.05, 3.63) is 77.6 Å². The molecule has 26 heavy (non-hydrogen) atoms. The van der Waals surface area contributed by atoms with Gasteiger partial charge in [-0.25, -0.2) is 4.39 Å². The van der Waals surface area contributed by atoms with Crippen molar-refractivity contribution in [1.29, 1.82) is 0 Å². The minimum absolute atomic E-state index is 0.0626. The molecule has 1 aliphatic heterocycles. The third-order valence-electron chi connectivity index (χ3n) is 4.70. The summed E-state index contributed by atoms with van der Waals surface area (Å²) in [6.45, 7) is 0.633. The molecule has 2 aromatic carbocycles. The summed E-state index contributed by atoms with van der Waals surface area (Å²) in [5, 5.41) is 3.41. The number of hydrogen-bond acceptors (Lipinski definition) is 4. The van der Waals surface area contributed by atoms with Crippen LogP contribution < -0.4 is 5.32 Å². The molecular weight excluding hydrogens is 353 g/mol. The topological polar surface area (TPSA) is 55.4 Å². The lowest BCUT2D eigenvalue weighted by atomic mass is 9.82. The Morgan fingerprint density at radius 1 is 1.12 bits per heavy atom. The molecule has 1 heterocycles. The summed E-state index contributed by atoms with van der Waals surface area (Å²) in [5.74, 6) is -0.735. The zero-order chi connectivity index (χ0) is 18.6. The number of rotatable bonds is 6. The maximum absolute atomic E-state index is 13.3. The van der Waals surface area contributed by atoms with Gasteiger partial charge in [-0.05, 0) is 35.3 Å². The van der Waals surface area contributed by atoms with Crippen molar-refractivity contribution >= 4 is 15.7 Å². The number of benzene rings is 2. The molecule has 3 rings (SSSR count). The fourth-order valence-electron chi connectivity index (χ4n) is 3.38. The van der Waals surface area contributed by atoms with Gasteiger partial charge >= 0.3 is 0 Å². The Labute approximate surface area is 153 Å². The molecule has 0 saturated heterocycles. The van der Waals surface area contributed by atoms with Crippen LogP contribution in [0.5, 0.6) is 0 Å². The highest BCUT2D eigenvalue weighted by Crippen LogP contribution is 2.32. The van der Waals surface area contributed by atoms with E-state index in [1.165, 1.54) is 19.2 Å². The predicted molar refractivity (Wildman–Crippen MR) is 101 cm³/mol. The molecule has 0 amide bonds. The van der Waals surface area contributed by atoms with Gasteiger partial charge in [0.25, 0.3) is 10.1 Å². The van der Waals surface area contributed by atoms with Gasteiger partial charge in [0.15, 0.2) is 0 Å². The van der Waals surface area contributed by atoms with E-state index in [4.69, 9.17) is 4.18 Å². The van der Waals surface area contributed by atoms with Gasteiger partial charge in [-0.3, -0.25) is 4.18 Å². The third-order valence-corrected chi connectivity index (χ3v) is 5.98. The Bertz CT molecular complexity index is 864. The van der Waals surface area contributed by atoms with E-state index in [2.05, 4.69) is 5.32 Å². The van der Waals surface area contributed by atoms with Crippen molar-refractivity contribution in [2.45, 2.75) is 12.5 Å². The highest BCUT2D eigenvalue weighted by Gasteiger charge is 2.32. The standard InChI is InChI=1S/C20H22FNO3S/c1-25-26(23,24)14-19-18(16-7-9-17(21)10-8-16)11-12-22-20(19)13-15-5-3-2-4-6-15/h2-11,19-20,22H,12-14H2,1H3. The van der Waals surface area contributed by atoms with Crippen LogP contribution in [0.15, 0.2) is 60.7 Å². The predicted octanol–water partition coefficient (Wildman–Crippen LogP) is 3.02. The van der Waals surface area contributed by atoms with Crippen LogP contribution in [-0.4, -0.2) is 33.9 Å². The second-order valence-electron chi connectivity index (χ2n) is 6.37. The SMILES string of the molecule is COS(=O)(=O)CC1C(c2ccc(F)cc2)=CCNC1Cc1ccccc1. The first-order chi connectivity index (χ1) is 12.5. The lowest BCUT2D eigenvalue weighted by molar-refractivity contribution is 0.378. The Balaban J connectivity index is 1.93. The van der Waals surface area contributed by atoms with Crippen LogP contribution in [0.4, 0.5) is 4.39 Å². The molecule has 2 aromatic rings. The Hall–Kier alpha value is -2.02. The number of hydrogen-bond donors (Lipinski definition) is 1. The van der Waals surface area contributed by atoms with Gasteiger partial charge in [0, 0.05) is 18.5 Å². The van der Waals surface area contributed by atoms with Gasteiger partial charge in [-0.1, -0.05) is 48.5 Å². The second kappa shape index (κ2) is 8.12. The minimum Gasteiger partial charge on any atom is -0.310 e. The number of halogens is 1. The van der Waals surface area contributed by atoms with Crippen molar-refractivity contribution in [2.75, 3.05) is 19.4 Å². The van der Waals surface area contributed by atoms with E-state index < -0.39 is 10.1 Å². The molecule has 6 heteroatoms. The molecule has 0 aliphatic carbocycles. The van der Waals surface area contributed by atoms with Crippen LogP contribution in [-0.2, 0) is 20.7 Å². The second-order valence-corrected chi connectivity index (χ2v) is 8.15. The van der Waals surface area contributed by atoms with Crippen LogP contribution in [0, 0.1) is 11.7 Å². The van der Waals surface area contributed by atoms with Crippen molar-refractivity contribution < 1.29 is 17.0 Å². The lowest BCUT2D eigenvalue weighted by Crippen LogP contribution is -2.45. The van der Waals surface area contributed by atoms with Gasteiger partial charge in [-0.15, -0.1) is 0 Å². The Morgan fingerprint density at radius 2 is 1.81 bits per heavy atom. The third kappa shape index (κ3) is 4.58. The molecule has 0 spiro atoms. The fourth-order valence-corrected chi connectivity index (χ4v) is 4.37. The molecule has 0 radical (unpaired) electrons. The van der Waals surface area contributed by atoms with Crippen LogP contribution in [0.25, 0.3) is 5.57 Å². The maximum Gasteiger partial charge on any atom is 0.267 e. The van der Waals surface area contributed by atoms with Gasteiger partial charge in [-0.2, -0.15) is 8.42 Å². The maximum atomic E-state index is 13.3. The zero-order valence-corrected chi connectivity index (χ0v) is 15.4. The first-order valence-corrected chi connectivity index (χ1v) is 10.1. The van der Waals surface area contributed by atoms with E-state index in [9.17, 15) is 12.8 Å². The fraction of sp³-hybridized carbons (Fsp3) is 0.300. The molecular formula is C20H22FNO3S.